The molecule has 2 unspecified atom stereocenters. The third-order valence-electron chi connectivity index (χ3n) is 9.30. The van der Waals surface area contributed by atoms with Gasteiger partial charge in [0.25, 0.3) is 5.91 Å². The number of imide groups is 1. The Kier molecular flexibility index (Phi) is 7.09. The number of likely N-dealkylation sites (tertiary alicyclic amines) is 1. The second-order valence-electron chi connectivity index (χ2n) is 11.8. The van der Waals surface area contributed by atoms with Crippen LogP contribution in [0.2, 0.25) is 0 Å². The molecule has 4 aromatic carbocycles. The number of carbonyl (C=O) groups excluding carboxylic acids is 3. The number of halogens is 1. The minimum Gasteiger partial charge on any atom is -0.425 e. The first-order valence-electron chi connectivity index (χ1n) is 15.1. The monoisotopic (exact) mass is 601 g/mol. The number of hydrogen-bond donors (Lipinski definition) is 1. The SMILES string of the molecule is C[C@H]1CC[C@@H](c2ccc(F)cc2)N1C(=O)CN1C(=O)OC2(C1=O)c1ccccc1C(=C(c1ccccc1)c1ccccc1)C2N. The molecule has 3 aliphatic rings. The Morgan fingerprint density at radius 3 is 2.11 bits per heavy atom. The van der Waals surface area contributed by atoms with Gasteiger partial charge in [0.1, 0.15) is 12.4 Å². The molecule has 2 heterocycles. The number of benzene rings is 4. The molecule has 2 N–H and O–H groups in total. The number of rotatable bonds is 5. The van der Waals surface area contributed by atoms with Gasteiger partial charge in [-0.05, 0) is 65.3 Å². The summed E-state index contributed by atoms with van der Waals surface area (Å²) >= 11 is 0. The Morgan fingerprint density at radius 2 is 1.47 bits per heavy atom. The average molecular weight is 602 g/mol. The molecule has 226 valence electrons. The van der Waals surface area contributed by atoms with Gasteiger partial charge in [-0.3, -0.25) is 9.59 Å². The van der Waals surface area contributed by atoms with Crippen molar-refractivity contribution in [2.75, 3.05) is 6.54 Å². The molecule has 4 atom stereocenters. The number of hydrogen-bond acceptors (Lipinski definition) is 5. The van der Waals surface area contributed by atoms with E-state index in [2.05, 4.69) is 0 Å². The maximum atomic E-state index is 14.4. The fourth-order valence-electron chi connectivity index (χ4n) is 7.21. The molecule has 1 spiro atoms. The van der Waals surface area contributed by atoms with Crippen LogP contribution in [0.1, 0.15) is 53.6 Å². The van der Waals surface area contributed by atoms with E-state index in [1.54, 1.807) is 29.2 Å². The zero-order valence-electron chi connectivity index (χ0n) is 24.7. The van der Waals surface area contributed by atoms with Crippen molar-refractivity contribution in [2.24, 2.45) is 5.73 Å². The number of carbonyl (C=O) groups is 3. The largest absolute Gasteiger partial charge is 0.425 e. The van der Waals surface area contributed by atoms with Crippen LogP contribution in [0.25, 0.3) is 11.1 Å². The number of fused-ring (bicyclic) bond motifs is 2. The highest BCUT2D eigenvalue weighted by Gasteiger charge is 2.64. The molecule has 4 aromatic rings. The number of amides is 3. The summed E-state index contributed by atoms with van der Waals surface area (Å²) in [5.74, 6) is -1.41. The normalized spacial score (nSPS) is 23.9. The molecule has 2 saturated heterocycles. The van der Waals surface area contributed by atoms with Crippen molar-refractivity contribution in [1.82, 2.24) is 9.80 Å². The Balaban J connectivity index is 1.28. The van der Waals surface area contributed by atoms with Crippen LogP contribution < -0.4 is 5.73 Å². The minimum absolute atomic E-state index is 0.126. The predicted octanol–water partition coefficient (Wildman–Crippen LogP) is 6.05. The van der Waals surface area contributed by atoms with Gasteiger partial charge in [-0.2, -0.15) is 0 Å². The van der Waals surface area contributed by atoms with E-state index < -0.39 is 30.2 Å². The van der Waals surface area contributed by atoms with E-state index in [9.17, 15) is 18.8 Å². The Labute approximate surface area is 260 Å². The zero-order valence-corrected chi connectivity index (χ0v) is 24.7. The first-order valence-corrected chi connectivity index (χ1v) is 15.1. The summed E-state index contributed by atoms with van der Waals surface area (Å²) in [6.07, 6.45) is 0.519. The first kappa shape index (κ1) is 28.7. The standard InChI is InChI=1S/C37H32FN3O4/c1-23-16-21-30(24-17-19-27(38)20-18-24)41(23)31(42)22-40-35(43)37(45-36(40)44)29-15-9-8-14-28(29)33(34(37)39)32(25-10-4-2-5-11-25)26-12-6-3-7-13-26/h2-15,17-20,23,30,34H,16,21-22,39H2,1H3/t23-,30-,34?,37?/m0/s1. The zero-order chi connectivity index (χ0) is 31.3. The first-order chi connectivity index (χ1) is 21.8. The maximum absolute atomic E-state index is 14.4. The Morgan fingerprint density at radius 1 is 0.867 bits per heavy atom. The van der Waals surface area contributed by atoms with Crippen molar-refractivity contribution in [3.05, 3.63) is 143 Å². The number of nitrogens with two attached hydrogens (primary N) is 1. The molecule has 0 saturated carbocycles. The lowest BCUT2D eigenvalue weighted by molar-refractivity contribution is -0.143. The highest BCUT2D eigenvalue weighted by Crippen LogP contribution is 2.52. The van der Waals surface area contributed by atoms with E-state index in [4.69, 9.17) is 10.5 Å². The van der Waals surface area contributed by atoms with Crippen molar-refractivity contribution in [2.45, 2.75) is 43.5 Å². The molecule has 7 nitrogen and oxygen atoms in total. The van der Waals surface area contributed by atoms with Gasteiger partial charge in [-0.25, -0.2) is 14.1 Å². The van der Waals surface area contributed by atoms with E-state index in [-0.39, 0.29) is 23.8 Å². The van der Waals surface area contributed by atoms with Crippen molar-refractivity contribution in [1.29, 1.82) is 0 Å². The summed E-state index contributed by atoms with van der Waals surface area (Å²) in [6.45, 7) is 1.45. The smallest absolute Gasteiger partial charge is 0.418 e. The fourth-order valence-corrected chi connectivity index (χ4v) is 7.21. The number of ether oxygens (including phenoxy) is 1. The highest BCUT2D eigenvalue weighted by atomic mass is 19.1. The van der Waals surface area contributed by atoms with Gasteiger partial charge in [-0.15, -0.1) is 0 Å². The van der Waals surface area contributed by atoms with Crippen LogP contribution in [-0.2, 0) is 19.9 Å². The quantitative estimate of drug-likeness (QED) is 0.301. The lowest BCUT2D eigenvalue weighted by atomic mass is 9.86. The third-order valence-corrected chi connectivity index (χ3v) is 9.30. The highest BCUT2D eigenvalue weighted by molar-refractivity contribution is 6.13. The third kappa shape index (κ3) is 4.56. The average Bonchev–Trinajstić information content (AvgIpc) is 3.65. The number of nitrogens with zero attached hydrogens (tertiary/aromatic N) is 2. The van der Waals surface area contributed by atoms with E-state index in [0.29, 0.717) is 23.1 Å². The predicted molar refractivity (Wildman–Crippen MR) is 168 cm³/mol. The van der Waals surface area contributed by atoms with Gasteiger partial charge in [-0.1, -0.05) is 97.1 Å². The van der Waals surface area contributed by atoms with Crippen LogP contribution in [0.3, 0.4) is 0 Å². The summed E-state index contributed by atoms with van der Waals surface area (Å²) in [4.78, 5) is 44.4. The van der Waals surface area contributed by atoms with Gasteiger partial charge in [0.2, 0.25) is 11.5 Å². The molecule has 45 heavy (non-hydrogen) atoms. The minimum atomic E-state index is -1.83. The van der Waals surface area contributed by atoms with Crippen molar-refractivity contribution in [3.8, 4) is 0 Å². The second kappa shape index (κ2) is 11.1. The summed E-state index contributed by atoms with van der Waals surface area (Å²) in [5, 5.41) is 0. The van der Waals surface area contributed by atoms with Crippen LogP contribution in [0.5, 0.6) is 0 Å². The molecule has 3 amide bonds. The summed E-state index contributed by atoms with van der Waals surface area (Å²) in [6, 6.07) is 31.5. The molecule has 0 radical (unpaired) electrons. The Bertz CT molecular complexity index is 1780. The van der Waals surface area contributed by atoms with Gasteiger partial charge >= 0.3 is 6.09 Å². The molecule has 8 heteroatoms. The Hall–Kier alpha value is -5.08. The molecule has 2 aliphatic heterocycles. The van der Waals surface area contributed by atoms with Crippen LogP contribution in [0.15, 0.2) is 109 Å². The lowest BCUT2D eigenvalue weighted by Gasteiger charge is -2.30. The van der Waals surface area contributed by atoms with Crippen molar-refractivity contribution < 1.29 is 23.5 Å². The van der Waals surface area contributed by atoms with E-state index in [1.165, 1.54) is 12.1 Å². The summed E-state index contributed by atoms with van der Waals surface area (Å²) in [5.41, 5.74) is 10.5. The molecular weight excluding hydrogens is 569 g/mol. The summed E-state index contributed by atoms with van der Waals surface area (Å²) < 4.78 is 19.6. The van der Waals surface area contributed by atoms with Gasteiger partial charge in [0, 0.05) is 11.6 Å². The molecule has 0 bridgehead atoms. The topological polar surface area (TPSA) is 92.9 Å². The van der Waals surface area contributed by atoms with Crippen LogP contribution >= 0.6 is 0 Å². The molecule has 2 fully saturated rings. The van der Waals surface area contributed by atoms with Crippen LogP contribution in [-0.4, -0.2) is 46.3 Å². The molecule has 0 aromatic heterocycles. The van der Waals surface area contributed by atoms with Gasteiger partial charge in [0.05, 0.1) is 12.1 Å². The molecule has 1 aliphatic carbocycles. The van der Waals surface area contributed by atoms with Crippen LogP contribution in [0, 0.1) is 5.82 Å². The van der Waals surface area contributed by atoms with E-state index in [0.717, 1.165) is 33.6 Å². The fraction of sp³-hybridized carbons (Fsp3) is 0.216. The van der Waals surface area contributed by atoms with E-state index in [1.807, 2.05) is 79.7 Å². The lowest BCUT2D eigenvalue weighted by Crippen LogP contribution is -2.51. The second-order valence-corrected chi connectivity index (χ2v) is 11.8. The van der Waals surface area contributed by atoms with Gasteiger partial charge < -0.3 is 15.4 Å². The van der Waals surface area contributed by atoms with Crippen molar-refractivity contribution in [3.63, 3.8) is 0 Å². The molecule has 7 rings (SSSR count). The van der Waals surface area contributed by atoms with Crippen molar-refractivity contribution >= 4 is 29.1 Å². The van der Waals surface area contributed by atoms with E-state index >= 15 is 0 Å². The van der Waals surface area contributed by atoms with Crippen LogP contribution in [0.4, 0.5) is 9.18 Å². The maximum Gasteiger partial charge on any atom is 0.418 e. The summed E-state index contributed by atoms with van der Waals surface area (Å²) in [7, 11) is 0. The van der Waals surface area contributed by atoms with Gasteiger partial charge in [0.15, 0.2) is 0 Å². The molecular formula is C37H32FN3O4.